The van der Waals surface area contributed by atoms with Gasteiger partial charge < -0.3 is 25.0 Å². The number of hydrogen-bond donors (Lipinski definition) is 2. The number of nitrogens with zero attached hydrogens (tertiary/aromatic N) is 2. The topological polar surface area (TPSA) is 83.1 Å². The predicted octanol–water partition coefficient (Wildman–Crippen LogP) is 5.18. The summed E-state index contributed by atoms with van der Waals surface area (Å²) in [5, 5.41) is 5.62. The normalized spacial score (nSPS) is 13.4. The van der Waals surface area contributed by atoms with E-state index in [0.29, 0.717) is 42.5 Å². The van der Waals surface area contributed by atoms with Gasteiger partial charge in [0.25, 0.3) is 0 Å². The molecule has 0 saturated carbocycles. The van der Waals surface area contributed by atoms with Gasteiger partial charge in [0, 0.05) is 42.8 Å². The SMILES string of the molecule is COc1cc(CN2CCCN(c3cccc(NC(=O)Nc4ccccc4)c3)C2=O)cc(OC)c1. The van der Waals surface area contributed by atoms with Crippen LogP contribution in [0.2, 0.25) is 0 Å². The highest BCUT2D eigenvalue weighted by atomic mass is 16.5. The fraction of sp³-hybridized carbons (Fsp3) is 0.231. The minimum atomic E-state index is -0.345. The summed E-state index contributed by atoms with van der Waals surface area (Å²) in [6.07, 6.45) is 0.832. The monoisotopic (exact) mass is 460 g/mol. The van der Waals surface area contributed by atoms with Crippen LogP contribution in [0.25, 0.3) is 0 Å². The van der Waals surface area contributed by atoms with Gasteiger partial charge in [-0.3, -0.25) is 4.90 Å². The molecule has 0 spiro atoms. The molecule has 176 valence electrons. The molecule has 0 bridgehead atoms. The lowest BCUT2D eigenvalue weighted by Crippen LogP contribution is -2.49. The van der Waals surface area contributed by atoms with Gasteiger partial charge in [-0.05, 0) is 54.4 Å². The number of urea groups is 2. The predicted molar refractivity (Wildman–Crippen MR) is 133 cm³/mol. The number of anilines is 3. The standard InChI is InChI=1S/C26H28N4O4/c1-33-23-14-19(15-24(17-23)34-2)18-29-12-7-13-30(26(29)32)22-11-6-10-21(16-22)28-25(31)27-20-8-4-3-5-9-20/h3-6,8-11,14-17H,7,12-13,18H2,1-2H3,(H2,27,28,31). The summed E-state index contributed by atoms with van der Waals surface area (Å²) in [5.41, 5.74) is 2.97. The second kappa shape index (κ2) is 10.6. The quantitative estimate of drug-likeness (QED) is 0.509. The molecule has 4 rings (SSSR count). The number of ether oxygens (including phenoxy) is 2. The van der Waals surface area contributed by atoms with Crippen LogP contribution in [0.1, 0.15) is 12.0 Å². The van der Waals surface area contributed by atoms with Gasteiger partial charge in [0.15, 0.2) is 0 Å². The van der Waals surface area contributed by atoms with Crippen molar-refractivity contribution in [2.24, 2.45) is 0 Å². The number of carbonyl (C=O) groups excluding carboxylic acids is 2. The Morgan fingerprint density at radius 3 is 2.24 bits per heavy atom. The summed E-state index contributed by atoms with van der Waals surface area (Å²) in [5.74, 6) is 1.37. The highest BCUT2D eigenvalue weighted by molar-refractivity contribution is 6.00. The lowest BCUT2D eigenvalue weighted by atomic mass is 10.1. The van der Waals surface area contributed by atoms with E-state index in [1.165, 1.54) is 0 Å². The second-order valence-electron chi connectivity index (χ2n) is 7.93. The molecular weight excluding hydrogens is 432 g/mol. The van der Waals surface area contributed by atoms with E-state index in [1.807, 2.05) is 54.6 Å². The van der Waals surface area contributed by atoms with Crippen molar-refractivity contribution in [2.45, 2.75) is 13.0 Å². The number of amides is 4. The zero-order valence-corrected chi connectivity index (χ0v) is 19.3. The molecule has 0 atom stereocenters. The smallest absolute Gasteiger partial charge is 0.324 e. The first-order valence-electron chi connectivity index (χ1n) is 11.1. The Hall–Kier alpha value is -4.20. The van der Waals surface area contributed by atoms with Crippen molar-refractivity contribution in [3.63, 3.8) is 0 Å². The molecule has 0 unspecified atom stereocenters. The number of benzene rings is 3. The van der Waals surface area contributed by atoms with Crippen molar-refractivity contribution in [2.75, 3.05) is 42.8 Å². The maximum absolute atomic E-state index is 13.3. The van der Waals surface area contributed by atoms with E-state index < -0.39 is 0 Å². The summed E-state index contributed by atoms with van der Waals surface area (Å²) >= 11 is 0. The van der Waals surface area contributed by atoms with Crippen LogP contribution in [0.5, 0.6) is 11.5 Å². The second-order valence-corrected chi connectivity index (χ2v) is 7.93. The number of nitrogens with one attached hydrogen (secondary N) is 2. The molecule has 0 radical (unpaired) electrons. The largest absolute Gasteiger partial charge is 0.497 e. The van der Waals surface area contributed by atoms with Crippen molar-refractivity contribution in [3.8, 4) is 11.5 Å². The highest BCUT2D eigenvalue weighted by Crippen LogP contribution is 2.27. The molecule has 8 nitrogen and oxygen atoms in total. The summed E-state index contributed by atoms with van der Waals surface area (Å²) < 4.78 is 10.7. The van der Waals surface area contributed by atoms with Crippen LogP contribution in [-0.2, 0) is 6.54 Å². The molecule has 3 aromatic rings. The Balaban J connectivity index is 1.45. The van der Waals surface area contributed by atoms with Crippen LogP contribution in [-0.4, -0.2) is 44.3 Å². The van der Waals surface area contributed by atoms with E-state index in [9.17, 15) is 9.59 Å². The molecule has 3 aromatic carbocycles. The van der Waals surface area contributed by atoms with Gasteiger partial charge in [-0.1, -0.05) is 24.3 Å². The van der Waals surface area contributed by atoms with Gasteiger partial charge in [0.2, 0.25) is 0 Å². The van der Waals surface area contributed by atoms with E-state index >= 15 is 0 Å². The summed E-state index contributed by atoms with van der Waals surface area (Å²) in [7, 11) is 3.21. The van der Waals surface area contributed by atoms with Crippen molar-refractivity contribution >= 4 is 29.1 Å². The van der Waals surface area contributed by atoms with E-state index in [4.69, 9.17) is 9.47 Å². The van der Waals surface area contributed by atoms with Gasteiger partial charge in [-0.2, -0.15) is 0 Å². The first-order chi connectivity index (χ1) is 16.6. The number of carbonyl (C=O) groups is 2. The molecule has 8 heteroatoms. The minimum Gasteiger partial charge on any atom is -0.497 e. The van der Waals surface area contributed by atoms with Crippen molar-refractivity contribution in [1.82, 2.24) is 4.90 Å². The number of rotatable bonds is 7. The third-order valence-corrected chi connectivity index (χ3v) is 5.54. The fourth-order valence-electron chi connectivity index (χ4n) is 3.91. The van der Waals surface area contributed by atoms with E-state index in [1.54, 1.807) is 42.2 Å². The maximum atomic E-state index is 13.3. The molecule has 34 heavy (non-hydrogen) atoms. The van der Waals surface area contributed by atoms with Gasteiger partial charge in [0.05, 0.1) is 14.2 Å². The maximum Gasteiger partial charge on any atom is 0.324 e. The lowest BCUT2D eigenvalue weighted by Gasteiger charge is -2.36. The molecule has 1 heterocycles. The molecule has 1 fully saturated rings. The van der Waals surface area contributed by atoms with Crippen molar-refractivity contribution in [3.05, 3.63) is 78.4 Å². The first kappa shape index (κ1) is 23.0. The van der Waals surface area contributed by atoms with E-state index in [2.05, 4.69) is 10.6 Å². The van der Waals surface area contributed by atoms with Crippen LogP contribution in [0.4, 0.5) is 26.7 Å². The number of para-hydroxylation sites is 1. The first-order valence-corrected chi connectivity index (χ1v) is 11.1. The molecular formula is C26H28N4O4. The number of hydrogen-bond acceptors (Lipinski definition) is 4. The van der Waals surface area contributed by atoms with Crippen molar-refractivity contribution in [1.29, 1.82) is 0 Å². The van der Waals surface area contributed by atoms with Crippen LogP contribution in [0, 0.1) is 0 Å². The van der Waals surface area contributed by atoms with Crippen LogP contribution >= 0.6 is 0 Å². The van der Waals surface area contributed by atoms with Gasteiger partial charge >= 0.3 is 12.1 Å². The van der Waals surface area contributed by atoms with Crippen molar-refractivity contribution < 1.29 is 19.1 Å². The molecule has 0 aromatic heterocycles. The average Bonchev–Trinajstić information content (AvgIpc) is 2.85. The lowest BCUT2D eigenvalue weighted by molar-refractivity contribution is 0.192. The average molecular weight is 461 g/mol. The Morgan fingerprint density at radius 2 is 1.53 bits per heavy atom. The molecule has 1 saturated heterocycles. The minimum absolute atomic E-state index is 0.0843. The number of methoxy groups -OCH3 is 2. The summed E-state index contributed by atoms with van der Waals surface area (Å²) in [6.45, 7) is 1.71. The Morgan fingerprint density at radius 1 is 0.853 bits per heavy atom. The van der Waals surface area contributed by atoms with Crippen LogP contribution in [0.15, 0.2) is 72.8 Å². The van der Waals surface area contributed by atoms with Gasteiger partial charge in [0.1, 0.15) is 11.5 Å². The van der Waals surface area contributed by atoms with Gasteiger partial charge in [-0.25, -0.2) is 9.59 Å². The third kappa shape index (κ3) is 5.58. The zero-order chi connectivity index (χ0) is 23.9. The van der Waals surface area contributed by atoms with E-state index in [-0.39, 0.29) is 12.1 Å². The Bertz CT molecular complexity index is 1130. The zero-order valence-electron chi connectivity index (χ0n) is 19.3. The van der Waals surface area contributed by atoms with E-state index in [0.717, 1.165) is 17.7 Å². The molecule has 1 aliphatic heterocycles. The fourth-order valence-corrected chi connectivity index (χ4v) is 3.91. The third-order valence-electron chi connectivity index (χ3n) is 5.54. The molecule has 4 amide bonds. The summed E-state index contributed by atoms with van der Waals surface area (Å²) in [6, 6.07) is 21.7. The Labute approximate surface area is 199 Å². The molecule has 2 N–H and O–H groups in total. The molecule has 1 aliphatic rings. The highest BCUT2D eigenvalue weighted by Gasteiger charge is 2.27. The Kier molecular flexibility index (Phi) is 7.17. The molecule has 0 aliphatic carbocycles. The van der Waals surface area contributed by atoms with Crippen LogP contribution < -0.4 is 25.0 Å². The van der Waals surface area contributed by atoms with Crippen LogP contribution in [0.3, 0.4) is 0 Å². The summed E-state index contributed by atoms with van der Waals surface area (Å²) in [4.78, 5) is 29.2. The van der Waals surface area contributed by atoms with Gasteiger partial charge in [-0.15, -0.1) is 0 Å².